The van der Waals surface area contributed by atoms with Crippen molar-refractivity contribution in [3.05, 3.63) is 91.6 Å². The van der Waals surface area contributed by atoms with E-state index in [0.29, 0.717) is 9.90 Å². The Labute approximate surface area is 176 Å². The van der Waals surface area contributed by atoms with E-state index in [4.69, 9.17) is 11.6 Å². The van der Waals surface area contributed by atoms with Gasteiger partial charge in [-0.05, 0) is 47.8 Å². The van der Waals surface area contributed by atoms with Crippen molar-refractivity contribution in [3.8, 4) is 0 Å². The van der Waals surface area contributed by atoms with Crippen LogP contribution in [0.25, 0.3) is 0 Å². The van der Waals surface area contributed by atoms with Crippen LogP contribution in [0, 0.1) is 10.1 Å². The maximum absolute atomic E-state index is 13.1. The number of carbonyl (C=O) groups excluding carboxylic acids is 1. The summed E-state index contributed by atoms with van der Waals surface area (Å²) in [5, 5.41) is 14.5. The molecule has 1 aromatic heterocycles. The van der Waals surface area contributed by atoms with Crippen LogP contribution in [-0.2, 0) is 9.84 Å². The van der Waals surface area contributed by atoms with Crippen molar-refractivity contribution in [1.29, 1.82) is 0 Å². The molecule has 0 radical (unpaired) electrons. The molecule has 0 saturated carbocycles. The second-order valence-corrected chi connectivity index (χ2v) is 9.56. The van der Waals surface area contributed by atoms with Crippen LogP contribution >= 0.6 is 22.9 Å². The minimum atomic E-state index is -3.79. The van der Waals surface area contributed by atoms with Crippen molar-refractivity contribution in [2.45, 2.75) is 10.1 Å². The number of halogens is 1. The highest BCUT2D eigenvalue weighted by Gasteiger charge is 2.30. The highest BCUT2D eigenvalue weighted by atomic mass is 35.5. The lowest BCUT2D eigenvalue weighted by Gasteiger charge is -2.17. The molecule has 0 aliphatic rings. The first-order valence-electron chi connectivity index (χ1n) is 8.34. The number of amides is 1. The SMILES string of the molecule is O=C(NCC(c1cccs1)S(=O)(=O)c1ccc(Cl)cc1)c1ccc([N+](=O)[O-])cc1. The molecule has 29 heavy (non-hydrogen) atoms. The van der Waals surface area contributed by atoms with Gasteiger partial charge in [0.05, 0.1) is 9.82 Å². The van der Waals surface area contributed by atoms with Crippen LogP contribution in [0.1, 0.15) is 20.5 Å². The van der Waals surface area contributed by atoms with Crippen LogP contribution in [-0.4, -0.2) is 25.8 Å². The van der Waals surface area contributed by atoms with E-state index in [1.54, 1.807) is 17.5 Å². The van der Waals surface area contributed by atoms with Gasteiger partial charge in [-0.3, -0.25) is 14.9 Å². The number of hydrogen-bond acceptors (Lipinski definition) is 6. The molecule has 0 spiro atoms. The third-order valence-electron chi connectivity index (χ3n) is 4.17. The lowest BCUT2D eigenvalue weighted by molar-refractivity contribution is -0.384. The van der Waals surface area contributed by atoms with Gasteiger partial charge in [-0.1, -0.05) is 17.7 Å². The second-order valence-electron chi connectivity index (χ2n) is 6.02. The molecule has 0 fully saturated rings. The largest absolute Gasteiger partial charge is 0.350 e. The Kier molecular flexibility index (Phi) is 6.31. The number of nitro groups is 1. The van der Waals surface area contributed by atoms with Crippen molar-refractivity contribution in [2.24, 2.45) is 0 Å². The Morgan fingerprint density at radius 2 is 1.76 bits per heavy atom. The summed E-state index contributed by atoms with van der Waals surface area (Å²) in [6, 6.07) is 14.4. The van der Waals surface area contributed by atoms with E-state index in [0.717, 1.165) is 0 Å². The van der Waals surface area contributed by atoms with Gasteiger partial charge in [0.1, 0.15) is 5.25 Å². The molecule has 150 valence electrons. The zero-order valence-corrected chi connectivity index (χ0v) is 17.2. The summed E-state index contributed by atoms with van der Waals surface area (Å²) in [4.78, 5) is 23.3. The molecule has 0 aliphatic heterocycles. The van der Waals surface area contributed by atoms with Crippen LogP contribution in [0.3, 0.4) is 0 Å². The van der Waals surface area contributed by atoms with Crippen molar-refractivity contribution in [3.63, 3.8) is 0 Å². The van der Waals surface area contributed by atoms with Gasteiger partial charge in [0.2, 0.25) is 0 Å². The lowest BCUT2D eigenvalue weighted by Crippen LogP contribution is -2.31. The molecule has 0 bridgehead atoms. The number of thiophene rings is 1. The molecular weight excluding hydrogens is 436 g/mol. The average Bonchev–Trinajstić information content (AvgIpc) is 3.22. The van der Waals surface area contributed by atoms with E-state index in [1.807, 2.05) is 0 Å². The van der Waals surface area contributed by atoms with Gasteiger partial charge in [0.15, 0.2) is 9.84 Å². The quantitative estimate of drug-likeness (QED) is 0.427. The van der Waals surface area contributed by atoms with Gasteiger partial charge in [-0.25, -0.2) is 8.42 Å². The van der Waals surface area contributed by atoms with E-state index < -0.39 is 25.9 Å². The second kappa shape index (κ2) is 8.73. The number of non-ortho nitro benzene ring substituents is 1. The molecular formula is C19H15ClN2O5S2. The summed E-state index contributed by atoms with van der Waals surface area (Å²) in [5.74, 6) is -0.521. The summed E-state index contributed by atoms with van der Waals surface area (Å²) in [6.07, 6.45) is 0. The predicted octanol–water partition coefficient (Wildman–Crippen LogP) is 4.25. The minimum Gasteiger partial charge on any atom is -0.350 e. The lowest BCUT2D eigenvalue weighted by atomic mass is 10.2. The van der Waals surface area contributed by atoms with Gasteiger partial charge in [-0.2, -0.15) is 0 Å². The molecule has 0 aliphatic carbocycles. The van der Waals surface area contributed by atoms with E-state index in [-0.39, 0.29) is 22.7 Å². The molecule has 3 aromatic rings. The number of sulfone groups is 1. The standard InChI is InChI=1S/C19H15ClN2O5S2/c20-14-5-9-16(10-6-14)29(26,27)18(17-2-1-11-28-17)12-21-19(23)13-3-7-15(8-4-13)22(24)25/h1-11,18H,12H2,(H,21,23). The smallest absolute Gasteiger partial charge is 0.269 e. The van der Waals surface area contributed by atoms with E-state index in [9.17, 15) is 23.3 Å². The van der Waals surface area contributed by atoms with Crippen molar-refractivity contribution >= 4 is 44.4 Å². The van der Waals surface area contributed by atoms with Crippen LogP contribution in [0.15, 0.2) is 70.9 Å². The zero-order chi connectivity index (χ0) is 21.0. The van der Waals surface area contributed by atoms with Crippen LogP contribution < -0.4 is 5.32 Å². The third kappa shape index (κ3) is 4.81. The summed E-state index contributed by atoms with van der Waals surface area (Å²) < 4.78 is 26.3. The molecule has 10 heteroatoms. The highest BCUT2D eigenvalue weighted by Crippen LogP contribution is 2.32. The van der Waals surface area contributed by atoms with Crippen LogP contribution in [0.5, 0.6) is 0 Å². The van der Waals surface area contributed by atoms with Gasteiger partial charge in [-0.15, -0.1) is 11.3 Å². The fourth-order valence-corrected chi connectivity index (χ4v) is 5.56. The first-order valence-corrected chi connectivity index (χ1v) is 11.1. The summed E-state index contributed by atoms with van der Waals surface area (Å²) >= 11 is 7.13. The summed E-state index contributed by atoms with van der Waals surface area (Å²) in [6.45, 7) is -0.151. The summed E-state index contributed by atoms with van der Waals surface area (Å²) in [7, 11) is -3.79. The Balaban J connectivity index is 1.82. The molecule has 7 nitrogen and oxygen atoms in total. The molecule has 2 aromatic carbocycles. The van der Waals surface area contributed by atoms with Gasteiger partial charge in [0.25, 0.3) is 11.6 Å². The monoisotopic (exact) mass is 450 g/mol. The number of nitrogens with zero attached hydrogens (tertiary/aromatic N) is 1. The predicted molar refractivity (Wildman–Crippen MR) is 111 cm³/mol. The molecule has 1 amide bonds. The van der Waals surface area contributed by atoms with Crippen molar-refractivity contribution in [1.82, 2.24) is 5.32 Å². The first-order chi connectivity index (χ1) is 13.8. The van der Waals surface area contributed by atoms with Gasteiger partial charge in [0, 0.05) is 34.1 Å². The number of benzene rings is 2. The molecule has 3 rings (SSSR count). The molecule has 1 heterocycles. The summed E-state index contributed by atoms with van der Waals surface area (Å²) in [5.41, 5.74) is 0.0627. The maximum Gasteiger partial charge on any atom is 0.269 e. The Morgan fingerprint density at radius 3 is 2.31 bits per heavy atom. The van der Waals surface area contributed by atoms with Crippen molar-refractivity contribution in [2.75, 3.05) is 6.54 Å². The molecule has 1 atom stereocenters. The number of carbonyl (C=O) groups is 1. The van der Waals surface area contributed by atoms with Gasteiger partial charge >= 0.3 is 0 Å². The first kappa shape index (κ1) is 21.0. The van der Waals surface area contributed by atoms with Crippen LogP contribution in [0.2, 0.25) is 5.02 Å². The highest BCUT2D eigenvalue weighted by molar-refractivity contribution is 7.91. The minimum absolute atomic E-state index is 0.102. The van der Waals surface area contributed by atoms with E-state index in [1.165, 1.54) is 59.9 Å². The van der Waals surface area contributed by atoms with E-state index in [2.05, 4.69) is 5.32 Å². The number of hydrogen-bond donors (Lipinski definition) is 1. The van der Waals surface area contributed by atoms with Crippen LogP contribution in [0.4, 0.5) is 5.69 Å². The fourth-order valence-electron chi connectivity index (χ4n) is 2.65. The molecule has 0 saturated heterocycles. The topological polar surface area (TPSA) is 106 Å². The molecule has 1 N–H and O–H groups in total. The Bertz CT molecular complexity index is 1110. The number of nitrogens with one attached hydrogen (secondary N) is 1. The zero-order valence-electron chi connectivity index (χ0n) is 14.8. The van der Waals surface area contributed by atoms with Crippen molar-refractivity contribution < 1.29 is 18.1 Å². The van der Waals surface area contributed by atoms with E-state index >= 15 is 0 Å². The number of rotatable bonds is 7. The number of nitro benzene ring substituents is 1. The normalized spacial score (nSPS) is 12.3. The Morgan fingerprint density at radius 1 is 1.10 bits per heavy atom. The third-order valence-corrected chi connectivity index (χ3v) is 7.65. The fraction of sp³-hybridized carbons (Fsp3) is 0.105. The van der Waals surface area contributed by atoms with Gasteiger partial charge < -0.3 is 5.32 Å². The average molecular weight is 451 g/mol. The maximum atomic E-state index is 13.1. The Hall–Kier alpha value is -2.75. The molecule has 1 unspecified atom stereocenters.